The van der Waals surface area contributed by atoms with E-state index in [1.165, 1.54) is 95.2 Å². The van der Waals surface area contributed by atoms with Crippen molar-refractivity contribution in [2.75, 3.05) is 0 Å². The summed E-state index contributed by atoms with van der Waals surface area (Å²) >= 11 is 6.27. The van der Waals surface area contributed by atoms with E-state index in [0.29, 0.717) is 27.7 Å². The molecule has 0 amide bonds. The number of fused-ring (bicyclic) bond motifs is 7. The molecule has 2 aliphatic heterocycles. The van der Waals surface area contributed by atoms with Crippen molar-refractivity contribution in [2.24, 2.45) is 41.5 Å². The molecule has 2 heterocycles. The van der Waals surface area contributed by atoms with Crippen LogP contribution in [0.5, 0.6) is 0 Å². The van der Waals surface area contributed by atoms with Crippen LogP contribution in [-0.2, 0) is 13.5 Å². The third-order valence-corrected chi connectivity index (χ3v) is 13.4. The standard InChI is InChI=1S/C39H50ClN3O2/c1-5-6-7-8-9-10-11-26-13-19-32-30-18-12-27-23-34-25(24-39(27,3)33(30)20-21-38(26,32)2)22-31-35(41-37(45)42(4)36(31)44)43(34)29-16-14-28(40)15-17-29/h14-17,22-23,26,30,32-33H,5-13,18-21,24H2,1-4H3/t26-,30-,32-,33-,38+,39-/m0/s1. The van der Waals surface area contributed by atoms with Crippen LogP contribution in [0.15, 0.2) is 45.5 Å². The van der Waals surface area contributed by atoms with Gasteiger partial charge in [-0.3, -0.25) is 13.9 Å². The van der Waals surface area contributed by atoms with Crippen LogP contribution in [0.3, 0.4) is 0 Å². The summed E-state index contributed by atoms with van der Waals surface area (Å²) in [6.07, 6.45) is 21.0. The van der Waals surface area contributed by atoms with Gasteiger partial charge >= 0.3 is 5.69 Å². The van der Waals surface area contributed by atoms with Crippen LogP contribution in [0.2, 0.25) is 5.02 Å². The summed E-state index contributed by atoms with van der Waals surface area (Å²) < 4.78 is 3.16. The Labute approximate surface area is 273 Å². The van der Waals surface area contributed by atoms with Gasteiger partial charge in [-0.25, -0.2) is 4.79 Å². The Bertz CT molecular complexity index is 1700. The zero-order chi connectivity index (χ0) is 31.5. The molecule has 6 atom stereocenters. The summed E-state index contributed by atoms with van der Waals surface area (Å²) in [5.74, 6) is 3.60. The monoisotopic (exact) mass is 627 g/mol. The molecule has 1 aromatic rings. The lowest BCUT2D eigenvalue weighted by Crippen LogP contribution is -2.51. The Balaban J connectivity index is 1.22. The van der Waals surface area contributed by atoms with Gasteiger partial charge in [0.25, 0.3) is 5.56 Å². The van der Waals surface area contributed by atoms with Crippen molar-refractivity contribution in [3.8, 4) is 17.1 Å². The molecule has 0 saturated heterocycles. The highest BCUT2D eigenvalue weighted by Gasteiger charge is 2.58. The normalized spacial score (nSPS) is 30.4. The van der Waals surface area contributed by atoms with Crippen LogP contribution in [0.4, 0.5) is 0 Å². The molecule has 3 fully saturated rings. The van der Waals surface area contributed by atoms with E-state index in [-0.39, 0.29) is 11.0 Å². The summed E-state index contributed by atoms with van der Waals surface area (Å²) in [7, 11) is 1.52. The Morgan fingerprint density at radius 2 is 1.71 bits per heavy atom. The van der Waals surface area contributed by atoms with Gasteiger partial charge in [0.15, 0.2) is 5.82 Å². The van der Waals surface area contributed by atoms with Crippen molar-refractivity contribution in [1.82, 2.24) is 14.1 Å². The molecule has 0 N–H and O–H groups in total. The molecule has 1 aromatic carbocycles. The fourth-order valence-electron chi connectivity index (χ4n) is 10.7. The molecular weight excluding hydrogens is 578 g/mol. The minimum atomic E-state index is -0.527. The molecule has 0 radical (unpaired) electrons. The molecule has 0 bridgehead atoms. The van der Waals surface area contributed by atoms with E-state index in [0.717, 1.165) is 46.5 Å². The quantitative estimate of drug-likeness (QED) is 0.234. The predicted molar refractivity (Wildman–Crippen MR) is 184 cm³/mol. The minimum Gasteiger partial charge on any atom is -0.294 e. The van der Waals surface area contributed by atoms with Crippen molar-refractivity contribution in [2.45, 2.75) is 111 Å². The molecule has 6 aliphatic rings. The maximum atomic E-state index is 13.5. The number of unbranched alkanes of at least 4 members (excludes halogenated alkanes) is 5. The first-order valence-corrected chi connectivity index (χ1v) is 18.2. The largest absolute Gasteiger partial charge is 0.352 e. The van der Waals surface area contributed by atoms with E-state index in [9.17, 15) is 9.59 Å². The number of allylic oxidation sites excluding steroid dienone is 1. The van der Waals surface area contributed by atoms with Gasteiger partial charge in [0.1, 0.15) is 0 Å². The zero-order valence-corrected chi connectivity index (χ0v) is 28.5. The van der Waals surface area contributed by atoms with Gasteiger partial charge in [0.2, 0.25) is 0 Å². The summed E-state index contributed by atoms with van der Waals surface area (Å²) in [6, 6.07) is 9.68. The highest BCUT2D eigenvalue weighted by atomic mass is 35.5. The third kappa shape index (κ3) is 5.07. The average molecular weight is 628 g/mol. The minimum absolute atomic E-state index is 0.0806. The van der Waals surface area contributed by atoms with Crippen LogP contribution in [0.25, 0.3) is 23.2 Å². The third-order valence-electron chi connectivity index (χ3n) is 13.2. The molecule has 0 aromatic heterocycles. The predicted octanol–water partition coefficient (Wildman–Crippen LogP) is 9.24. The van der Waals surface area contributed by atoms with Crippen LogP contribution in [-0.4, -0.2) is 14.1 Å². The lowest BCUT2D eigenvalue weighted by molar-refractivity contribution is -0.0478. The lowest BCUT2D eigenvalue weighted by atomic mass is 9.46. The molecule has 5 nitrogen and oxygen atoms in total. The zero-order valence-electron chi connectivity index (χ0n) is 27.7. The fraction of sp³-hybridized carbons (Fsp3) is 0.615. The van der Waals surface area contributed by atoms with Crippen LogP contribution >= 0.6 is 11.6 Å². The van der Waals surface area contributed by atoms with Crippen molar-refractivity contribution < 1.29 is 0 Å². The maximum Gasteiger partial charge on any atom is 0.352 e. The number of aromatic nitrogens is 3. The topological polar surface area (TPSA) is 56.9 Å². The van der Waals surface area contributed by atoms with Gasteiger partial charge < -0.3 is 0 Å². The highest BCUT2D eigenvalue weighted by Crippen LogP contribution is 2.67. The molecule has 0 unspecified atom stereocenters. The van der Waals surface area contributed by atoms with E-state index in [1.54, 1.807) is 0 Å². The van der Waals surface area contributed by atoms with Crippen LogP contribution < -0.4 is 11.2 Å². The molecular formula is C39H50ClN3O2. The van der Waals surface area contributed by atoms with Gasteiger partial charge in [-0.1, -0.05) is 76.5 Å². The van der Waals surface area contributed by atoms with Gasteiger partial charge in [-0.2, -0.15) is 4.98 Å². The maximum absolute atomic E-state index is 13.5. The summed E-state index contributed by atoms with van der Waals surface area (Å²) in [5, 5.41) is 0.650. The van der Waals surface area contributed by atoms with E-state index < -0.39 is 5.69 Å². The fourth-order valence-corrected chi connectivity index (χ4v) is 10.8. The van der Waals surface area contributed by atoms with E-state index in [4.69, 9.17) is 11.6 Å². The van der Waals surface area contributed by atoms with Gasteiger partial charge in [0, 0.05) is 17.8 Å². The first-order valence-electron chi connectivity index (χ1n) is 17.8. The van der Waals surface area contributed by atoms with Crippen molar-refractivity contribution in [1.29, 1.82) is 0 Å². The molecule has 7 rings (SSSR count). The van der Waals surface area contributed by atoms with Gasteiger partial charge in [-0.15, -0.1) is 0 Å². The molecule has 240 valence electrons. The molecule has 0 spiro atoms. The van der Waals surface area contributed by atoms with Gasteiger partial charge in [0.05, 0.1) is 11.3 Å². The first-order chi connectivity index (χ1) is 21.7. The van der Waals surface area contributed by atoms with Crippen LogP contribution in [0.1, 0.15) is 115 Å². The summed E-state index contributed by atoms with van der Waals surface area (Å²) in [5.41, 5.74) is 4.91. The number of hydrogen-bond acceptors (Lipinski definition) is 3. The van der Waals surface area contributed by atoms with E-state index in [1.807, 2.05) is 34.9 Å². The van der Waals surface area contributed by atoms with E-state index >= 15 is 0 Å². The molecule has 6 heteroatoms. The second-order valence-corrected chi connectivity index (χ2v) is 15.9. The Morgan fingerprint density at radius 3 is 2.49 bits per heavy atom. The number of nitrogens with zero attached hydrogens (tertiary/aromatic N) is 3. The number of hydrogen-bond donors (Lipinski definition) is 0. The van der Waals surface area contributed by atoms with Crippen molar-refractivity contribution in [3.63, 3.8) is 0 Å². The molecule has 45 heavy (non-hydrogen) atoms. The number of rotatable bonds is 8. The SMILES string of the molecule is CCCCCCCC[C@H]1CC[C@H]2[C@@H]3CCC4=Cc5c(cc6c(=O)n(C)c(=O)nc-6n5-c5ccc(Cl)cc5)C[C@]4(C)[C@H]3CC[C@]12C. The second kappa shape index (κ2) is 11.9. The Kier molecular flexibility index (Phi) is 8.16. The summed E-state index contributed by atoms with van der Waals surface area (Å²) in [6.45, 7) is 7.49. The van der Waals surface area contributed by atoms with Gasteiger partial charge in [-0.05, 0) is 128 Å². The second-order valence-electron chi connectivity index (χ2n) is 15.4. The molecule has 4 aliphatic carbocycles. The Hall–Kier alpha value is -2.66. The number of halogens is 1. The van der Waals surface area contributed by atoms with E-state index in [2.05, 4.69) is 31.8 Å². The first kappa shape index (κ1) is 31.0. The number of pyridine rings is 1. The van der Waals surface area contributed by atoms with Crippen molar-refractivity contribution >= 4 is 17.7 Å². The lowest BCUT2D eigenvalue weighted by Gasteiger charge is -2.58. The summed E-state index contributed by atoms with van der Waals surface area (Å²) in [4.78, 5) is 30.6. The van der Waals surface area contributed by atoms with Crippen molar-refractivity contribution in [3.05, 3.63) is 73.0 Å². The van der Waals surface area contributed by atoms with Crippen LogP contribution in [0, 0.1) is 34.5 Å². The number of benzene rings is 1. The Morgan fingerprint density at radius 1 is 0.956 bits per heavy atom. The average Bonchev–Trinajstić information content (AvgIpc) is 3.36. The highest BCUT2D eigenvalue weighted by molar-refractivity contribution is 6.30. The molecule has 3 saturated carbocycles. The smallest absolute Gasteiger partial charge is 0.294 e.